The SMILES string of the molecule is CC(C)Cc1nc2c(c(-c3cccs3)n1)CNCC2. The van der Waals surface area contributed by atoms with Crippen molar-refractivity contribution in [1.82, 2.24) is 15.3 Å². The third-order valence-electron chi connectivity index (χ3n) is 3.32. The lowest BCUT2D eigenvalue weighted by molar-refractivity contribution is 0.593. The number of aromatic nitrogens is 2. The normalized spacial score (nSPS) is 14.7. The molecule has 1 aliphatic heterocycles. The summed E-state index contributed by atoms with van der Waals surface area (Å²) in [6.07, 6.45) is 1.97. The van der Waals surface area contributed by atoms with Crippen LogP contribution in [0.2, 0.25) is 0 Å². The predicted molar refractivity (Wildman–Crippen MR) is 79.3 cm³/mol. The van der Waals surface area contributed by atoms with E-state index in [1.165, 1.54) is 16.1 Å². The van der Waals surface area contributed by atoms with Gasteiger partial charge in [0, 0.05) is 31.5 Å². The third kappa shape index (κ3) is 2.69. The molecule has 3 rings (SSSR count). The number of nitrogens with one attached hydrogen (secondary N) is 1. The van der Waals surface area contributed by atoms with Crippen molar-refractivity contribution in [2.75, 3.05) is 6.54 Å². The maximum absolute atomic E-state index is 4.83. The summed E-state index contributed by atoms with van der Waals surface area (Å²) in [6, 6.07) is 4.24. The number of rotatable bonds is 3. The molecule has 0 aliphatic carbocycles. The Bertz CT molecular complexity index is 561. The standard InChI is InChI=1S/C15H19N3S/c1-10(2)8-14-17-12-5-6-16-9-11(12)15(18-14)13-4-3-7-19-13/h3-4,7,10,16H,5-6,8-9H2,1-2H3. The Morgan fingerprint density at radius 1 is 1.37 bits per heavy atom. The van der Waals surface area contributed by atoms with Crippen LogP contribution in [-0.2, 0) is 19.4 Å². The molecule has 0 fully saturated rings. The molecule has 19 heavy (non-hydrogen) atoms. The Hall–Kier alpha value is -1.26. The van der Waals surface area contributed by atoms with Crippen molar-refractivity contribution < 1.29 is 0 Å². The van der Waals surface area contributed by atoms with Crippen LogP contribution < -0.4 is 5.32 Å². The van der Waals surface area contributed by atoms with Crippen molar-refractivity contribution in [2.45, 2.75) is 33.2 Å². The molecular weight excluding hydrogens is 254 g/mol. The summed E-state index contributed by atoms with van der Waals surface area (Å²) in [7, 11) is 0. The van der Waals surface area contributed by atoms with Gasteiger partial charge >= 0.3 is 0 Å². The van der Waals surface area contributed by atoms with Gasteiger partial charge in [-0.15, -0.1) is 11.3 Å². The zero-order chi connectivity index (χ0) is 13.2. The van der Waals surface area contributed by atoms with E-state index >= 15 is 0 Å². The van der Waals surface area contributed by atoms with Crippen LogP contribution in [0, 0.1) is 5.92 Å². The average molecular weight is 273 g/mol. The zero-order valence-electron chi connectivity index (χ0n) is 11.4. The monoisotopic (exact) mass is 273 g/mol. The number of nitrogens with zero attached hydrogens (tertiary/aromatic N) is 2. The molecule has 4 heteroatoms. The van der Waals surface area contributed by atoms with E-state index in [0.29, 0.717) is 5.92 Å². The van der Waals surface area contributed by atoms with Crippen LogP contribution in [-0.4, -0.2) is 16.5 Å². The summed E-state index contributed by atoms with van der Waals surface area (Å²) in [4.78, 5) is 10.9. The largest absolute Gasteiger partial charge is 0.312 e. The molecule has 3 nitrogen and oxygen atoms in total. The molecule has 2 aromatic rings. The van der Waals surface area contributed by atoms with Gasteiger partial charge in [0.15, 0.2) is 0 Å². The fourth-order valence-electron chi connectivity index (χ4n) is 2.47. The molecule has 0 saturated carbocycles. The minimum atomic E-state index is 0.593. The van der Waals surface area contributed by atoms with E-state index in [1.807, 2.05) is 0 Å². The van der Waals surface area contributed by atoms with Gasteiger partial charge in [-0.25, -0.2) is 9.97 Å². The van der Waals surface area contributed by atoms with Gasteiger partial charge in [-0.2, -0.15) is 0 Å². The van der Waals surface area contributed by atoms with E-state index in [0.717, 1.165) is 37.4 Å². The lowest BCUT2D eigenvalue weighted by atomic mass is 10.0. The molecule has 0 unspecified atom stereocenters. The molecule has 0 spiro atoms. The van der Waals surface area contributed by atoms with Crippen molar-refractivity contribution in [1.29, 1.82) is 0 Å². The first-order valence-electron chi connectivity index (χ1n) is 6.87. The van der Waals surface area contributed by atoms with E-state index in [9.17, 15) is 0 Å². The van der Waals surface area contributed by atoms with Crippen LogP contribution in [0.15, 0.2) is 17.5 Å². The Morgan fingerprint density at radius 2 is 2.26 bits per heavy atom. The van der Waals surface area contributed by atoms with Crippen molar-refractivity contribution in [2.24, 2.45) is 5.92 Å². The van der Waals surface area contributed by atoms with E-state index in [4.69, 9.17) is 9.97 Å². The van der Waals surface area contributed by atoms with Crippen molar-refractivity contribution in [3.8, 4) is 10.6 Å². The number of hydrogen-bond donors (Lipinski definition) is 1. The molecule has 0 amide bonds. The Labute approximate surface area is 118 Å². The molecule has 0 radical (unpaired) electrons. The summed E-state index contributed by atoms with van der Waals surface area (Å²) < 4.78 is 0. The lowest BCUT2D eigenvalue weighted by Gasteiger charge is -2.20. The van der Waals surface area contributed by atoms with E-state index in [2.05, 4.69) is 36.7 Å². The smallest absolute Gasteiger partial charge is 0.129 e. The number of fused-ring (bicyclic) bond motifs is 1. The van der Waals surface area contributed by atoms with Crippen molar-refractivity contribution in [3.63, 3.8) is 0 Å². The molecule has 2 aromatic heterocycles. The van der Waals surface area contributed by atoms with Crippen LogP contribution >= 0.6 is 11.3 Å². The highest BCUT2D eigenvalue weighted by molar-refractivity contribution is 7.13. The van der Waals surface area contributed by atoms with Gasteiger partial charge in [0.05, 0.1) is 16.3 Å². The fourth-order valence-corrected chi connectivity index (χ4v) is 3.21. The van der Waals surface area contributed by atoms with Gasteiger partial charge in [0.25, 0.3) is 0 Å². The third-order valence-corrected chi connectivity index (χ3v) is 4.20. The predicted octanol–water partition coefficient (Wildman–Crippen LogP) is 3.05. The first kappa shape index (κ1) is 12.8. The maximum atomic E-state index is 4.83. The van der Waals surface area contributed by atoms with Gasteiger partial charge in [0.2, 0.25) is 0 Å². The average Bonchev–Trinajstić information content (AvgIpc) is 2.90. The van der Waals surface area contributed by atoms with Crippen LogP contribution in [0.1, 0.15) is 30.9 Å². The molecule has 1 aliphatic rings. The second kappa shape index (κ2) is 5.39. The highest BCUT2D eigenvalue weighted by Gasteiger charge is 2.19. The molecule has 100 valence electrons. The fraction of sp³-hybridized carbons (Fsp3) is 0.467. The van der Waals surface area contributed by atoms with Gasteiger partial charge in [-0.3, -0.25) is 0 Å². The maximum Gasteiger partial charge on any atom is 0.129 e. The summed E-state index contributed by atoms with van der Waals surface area (Å²) in [5, 5.41) is 5.54. The van der Waals surface area contributed by atoms with Crippen LogP contribution in [0.5, 0.6) is 0 Å². The Balaban J connectivity index is 2.09. The summed E-state index contributed by atoms with van der Waals surface area (Å²) in [5.41, 5.74) is 3.68. The Kier molecular flexibility index (Phi) is 3.62. The summed E-state index contributed by atoms with van der Waals surface area (Å²) in [6.45, 7) is 6.35. The minimum absolute atomic E-state index is 0.593. The minimum Gasteiger partial charge on any atom is -0.312 e. The molecule has 0 bridgehead atoms. The summed E-state index contributed by atoms with van der Waals surface area (Å²) in [5.74, 6) is 1.59. The summed E-state index contributed by atoms with van der Waals surface area (Å²) >= 11 is 1.76. The Morgan fingerprint density at radius 3 is 3.00 bits per heavy atom. The zero-order valence-corrected chi connectivity index (χ0v) is 12.3. The van der Waals surface area contributed by atoms with Crippen LogP contribution in [0.4, 0.5) is 0 Å². The molecule has 0 saturated heterocycles. The van der Waals surface area contributed by atoms with Crippen molar-refractivity contribution in [3.05, 3.63) is 34.6 Å². The molecule has 0 aromatic carbocycles. The van der Waals surface area contributed by atoms with Crippen molar-refractivity contribution >= 4 is 11.3 Å². The first-order chi connectivity index (χ1) is 9.24. The van der Waals surface area contributed by atoms with Gasteiger partial charge < -0.3 is 5.32 Å². The lowest BCUT2D eigenvalue weighted by Crippen LogP contribution is -2.26. The quantitative estimate of drug-likeness (QED) is 0.934. The van der Waals surface area contributed by atoms with Crippen LogP contribution in [0.25, 0.3) is 10.6 Å². The molecule has 3 heterocycles. The van der Waals surface area contributed by atoms with E-state index < -0.39 is 0 Å². The highest BCUT2D eigenvalue weighted by Crippen LogP contribution is 2.29. The number of hydrogen-bond acceptors (Lipinski definition) is 4. The second-order valence-electron chi connectivity index (χ2n) is 5.42. The molecule has 1 N–H and O–H groups in total. The second-order valence-corrected chi connectivity index (χ2v) is 6.36. The first-order valence-corrected chi connectivity index (χ1v) is 7.75. The van der Waals surface area contributed by atoms with Gasteiger partial charge in [-0.1, -0.05) is 19.9 Å². The topological polar surface area (TPSA) is 37.8 Å². The number of thiophene rings is 1. The van der Waals surface area contributed by atoms with Crippen LogP contribution in [0.3, 0.4) is 0 Å². The van der Waals surface area contributed by atoms with E-state index in [1.54, 1.807) is 11.3 Å². The molecule has 0 atom stereocenters. The van der Waals surface area contributed by atoms with Gasteiger partial charge in [0.1, 0.15) is 5.82 Å². The molecular formula is C15H19N3S. The van der Waals surface area contributed by atoms with E-state index in [-0.39, 0.29) is 0 Å². The van der Waals surface area contributed by atoms with Gasteiger partial charge in [-0.05, 0) is 17.4 Å². The highest BCUT2D eigenvalue weighted by atomic mass is 32.1.